The van der Waals surface area contributed by atoms with E-state index in [9.17, 15) is 14.0 Å². The second kappa shape index (κ2) is 10.9. The molecule has 0 bridgehead atoms. The van der Waals surface area contributed by atoms with Gasteiger partial charge in [-0.05, 0) is 92.9 Å². The summed E-state index contributed by atoms with van der Waals surface area (Å²) in [5, 5.41) is 7.47. The van der Waals surface area contributed by atoms with Crippen molar-refractivity contribution >= 4 is 17.6 Å². The molecule has 0 aromatic rings. The number of Topliss-reactive ketones (excluding diaryl/α,β-unsaturated/α-hetero) is 1. The number of rotatable bonds is 8. The van der Waals surface area contributed by atoms with Gasteiger partial charge in [-0.25, -0.2) is 9.18 Å². The molecule has 4 saturated carbocycles. The maximum absolute atomic E-state index is 13.0. The molecule has 0 unspecified atom stereocenters. The van der Waals surface area contributed by atoms with Crippen LogP contribution in [0.25, 0.3) is 0 Å². The number of alkyl halides is 1. The van der Waals surface area contributed by atoms with E-state index < -0.39 is 12.8 Å². The number of fused-ring (bicyclic) bond motifs is 5. The van der Waals surface area contributed by atoms with E-state index in [-0.39, 0.29) is 12.0 Å². The average molecular weight is 492 g/mol. The lowest BCUT2D eigenvalue weighted by atomic mass is 9.44. The van der Waals surface area contributed by atoms with Gasteiger partial charge in [0.15, 0.2) is 0 Å². The minimum atomic E-state index is -0.594. The van der Waals surface area contributed by atoms with Gasteiger partial charge in [-0.3, -0.25) is 9.63 Å². The van der Waals surface area contributed by atoms with Gasteiger partial charge >= 0.3 is 6.09 Å². The third-order valence-electron chi connectivity index (χ3n) is 10.7. The van der Waals surface area contributed by atoms with Crippen LogP contribution in [-0.4, -0.2) is 55.3 Å². The highest BCUT2D eigenvalue weighted by Crippen LogP contribution is 2.67. The number of nitrogens with one attached hydrogen (secondary N) is 1. The van der Waals surface area contributed by atoms with Gasteiger partial charge in [0.1, 0.15) is 12.5 Å². The van der Waals surface area contributed by atoms with E-state index in [4.69, 9.17) is 4.84 Å². The zero-order valence-corrected chi connectivity index (χ0v) is 22.3. The molecule has 0 aliphatic heterocycles. The topological polar surface area (TPSA) is 71.0 Å². The third kappa shape index (κ3) is 5.03. The van der Waals surface area contributed by atoms with E-state index in [2.05, 4.69) is 24.3 Å². The van der Waals surface area contributed by atoms with Crippen molar-refractivity contribution in [2.45, 2.75) is 85.5 Å². The van der Waals surface area contributed by atoms with Gasteiger partial charge in [0.2, 0.25) is 0 Å². The van der Waals surface area contributed by atoms with Crippen molar-refractivity contribution in [3.05, 3.63) is 0 Å². The largest absolute Gasteiger partial charge is 0.436 e. The van der Waals surface area contributed by atoms with Crippen LogP contribution in [0.5, 0.6) is 0 Å². The van der Waals surface area contributed by atoms with Crippen LogP contribution < -0.4 is 5.32 Å². The first-order valence-electron chi connectivity index (χ1n) is 14.0. The van der Waals surface area contributed by atoms with E-state index in [1.807, 2.05) is 13.8 Å². The first-order chi connectivity index (χ1) is 16.7. The minimum Gasteiger partial charge on any atom is -0.315 e. The molecule has 4 aliphatic carbocycles. The van der Waals surface area contributed by atoms with E-state index in [1.165, 1.54) is 37.0 Å². The second-order valence-electron chi connectivity index (χ2n) is 12.2. The molecule has 7 atom stereocenters. The molecular formula is C28H46FN3O3. The second-order valence-corrected chi connectivity index (χ2v) is 12.2. The number of hydrogen-bond donors (Lipinski definition) is 1. The standard InChI is InChI=1S/C28H46FN3O3/c1-5-30-15-17-32(16-14-29)26(34)35-31-19(2)23-8-9-24-22-7-6-20-18-21(33)10-12-27(20,3)25(22)11-13-28(23,24)4/h20,22-25,30H,5-18H2,1-4H3/b31-19+/t20-,22+,23-,24+,25+,27+,28-/m1/s1. The molecule has 1 N–H and O–H groups in total. The fourth-order valence-electron chi connectivity index (χ4n) is 8.75. The maximum atomic E-state index is 13.0. The van der Waals surface area contributed by atoms with Crippen molar-refractivity contribution in [2.75, 3.05) is 32.9 Å². The van der Waals surface area contributed by atoms with E-state index in [0.717, 1.165) is 49.8 Å². The van der Waals surface area contributed by atoms with Crippen LogP contribution in [0, 0.1) is 40.4 Å². The van der Waals surface area contributed by atoms with Gasteiger partial charge < -0.3 is 10.2 Å². The van der Waals surface area contributed by atoms with Crippen LogP contribution in [0.2, 0.25) is 0 Å². The SMILES string of the molecule is CCNCCN(CCF)C(=O)O/N=C(\C)[C@H]1CC[C@H]2[C@@H]3CC[C@@H]4CC(=O)CC[C@]4(C)[C@H]3CC[C@]12C. The number of halogens is 1. The summed E-state index contributed by atoms with van der Waals surface area (Å²) in [4.78, 5) is 31.4. The number of nitrogens with zero attached hydrogens (tertiary/aromatic N) is 2. The predicted octanol–water partition coefficient (Wildman–Crippen LogP) is 5.61. The van der Waals surface area contributed by atoms with Crippen LogP contribution in [0.4, 0.5) is 9.18 Å². The fourth-order valence-corrected chi connectivity index (χ4v) is 8.75. The Morgan fingerprint density at radius 2 is 1.89 bits per heavy atom. The Balaban J connectivity index is 1.42. The Kier molecular flexibility index (Phi) is 8.24. The summed E-state index contributed by atoms with van der Waals surface area (Å²) in [6, 6.07) is 0. The molecule has 0 radical (unpaired) electrons. The predicted molar refractivity (Wildman–Crippen MR) is 136 cm³/mol. The Morgan fingerprint density at radius 1 is 1.11 bits per heavy atom. The number of likely N-dealkylation sites (N-methyl/N-ethyl adjacent to an activating group) is 1. The lowest BCUT2D eigenvalue weighted by Crippen LogP contribution is -2.53. The molecule has 7 heteroatoms. The molecule has 6 nitrogen and oxygen atoms in total. The fraction of sp³-hybridized carbons (Fsp3) is 0.893. The highest BCUT2D eigenvalue weighted by Gasteiger charge is 2.60. The summed E-state index contributed by atoms with van der Waals surface area (Å²) >= 11 is 0. The summed E-state index contributed by atoms with van der Waals surface area (Å²) in [5.41, 5.74) is 1.40. The Morgan fingerprint density at radius 3 is 2.63 bits per heavy atom. The zero-order chi connectivity index (χ0) is 25.2. The molecule has 0 aromatic heterocycles. The van der Waals surface area contributed by atoms with Gasteiger partial charge in [0.05, 0.1) is 12.3 Å². The minimum absolute atomic E-state index is 0.0242. The van der Waals surface area contributed by atoms with Crippen LogP contribution in [-0.2, 0) is 9.63 Å². The average Bonchev–Trinajstić information content (AvgIpc) is 3.19. The number of oxime groups is 1. The first kappa shape index (κ1) is 26.6. The van der Waals surface area contributed by atoms with E-state index in [1.54, 1.807) is 0 Å². The van der Waals surface area contributed by atoms with E-state index in [0.29, 0.717) is 42.0 Å². The summed E-state index contributed by atoms with van der Waals surface area (Å²) in [6.45, 7) is 10.2. The van der Waals surface area contributed by atoms with Crippen molar-refractivity contribution in [1.82, 2.24) is 10.2 Å². The molecule has 198 valence electrons. The normalized spacial score (nSPS) is 38.9. The van der Waals surface area contributed by atoms with Gasteiger partial charge in [0.25, 0.3) is 0 Å². The first-order valence-corrected chi connectivity index (χ1v) is 14.0. The molecule has 0 saturated heterocycles. The summed E-state index contributed by atoms with van der Waals surface area (Å²) in [7, 11) is 0. The maximum Gasteiger partial charge on any atom is 0.436 e. The molecule has 0 spiro atoms. The highest BCUT2D eigenvalue weighted by molar-refractivity contribution is 5.85. The highest BCUT2D eigenvalue weighted by atomic mass is 19.1. The van der Waals surface area contributed by atoms with Crippen molar-refractivity contribution in [3.8, 4) is 0 Å². The van der Waals surface area contributed by atoms with Crippen molar-refractivity contribution in [2.24, 2.45) is 45.6 Å². The Labute approximate surface area is 210 Å². The zero-order valence-electron chi connectivity index (χ0n) is 22.3. The van der Waals surface area contributed by atoms with Crippen LogP contribution in [0.3, 0.4) is 0 Å². The Hall–Kier alpha value is -1.50. The lowest BCUT2D eigenvalue weighted by molar-refractivity contribution is -0.138. The number of ketones is 1. The van der Waals surface area contributed by atoms with Crippen molar-refractivity contribution < 1.29 is 18.8 Å². The van der Waals surface area contributed by atoms with Crippen LogP contribution in [0.15, 0.2) is 5.16 Å². The molecule has 0 heterocycles. The summed E-state index contributed by atoms with van der Waals surface area (Å²) in [5.74, 6) is 3.50. The quantitative estimate of drug-likeness (QED) is 0.207. The molecule has 1 amide bonds. The summed E-state index contributed by atoms with van der Waals surface area (Å²) in [6.07, 6.45) is 9.23. The monoisotopic (exact) mass is 491 g/mol. The van der Waals surface area contributed by atoms with Crippen molar-refractivity contribution in [1.29, 1.82) is 0 Å². The van der Waals surface area contributed by atoms with Gasteiger partial charge in [-0.1, -0.05) is 25.9 Å². The third-order valence-corrected chi connectivity index (χ3v) is 10.7. The molecule has 35 heavy (non-hydrogen) atoms. The Bertz CT molecular complexity index is 819. The number of hydrogen-bond acceptors (Lipinski definition) is 5. The van der Waals surface area contributed by atoms with Gasteiger partial charge in [0, 0.05) is 31.8 Å². The molecule has 4 rings (SSSR count). The number of carbonyl (C=O) groups is 2. The van der Waals surface area contributed by atoms with Crippen LogP contribution >= 0.6 is 0 Å². The van der Waals surface area contributed by atoms with Crippen molar-refractivity contribution in [3.63, 3.8) is 0 Å². The molecular weight excluding hydrogens is 445 g/mol. The number of carbonyl (C=O) groups excluding carboxylic acids is 2. The number of amides is 1. The molecule has 4 fully saturated rings. The van der Waals surface area contributed by atoms with Gasteiger partial charge in [-0.2, -0.15) is 0 Å². The summed E-state index contributed by atoms with van der Waals surface area (Å²) < 4.78 is 13.0. The van der Waals surface area contributed by atoms with E-state index >= 15 is 0 Å². The molecule has 4 aliphatic rings. The lowest BCUT2D eigenvalue weighted by Gasteiger charge is -2.60. The molecule has 0 aromatic carbocycles. The smallest absolute Gasteiger partial charge is 0.315 e. The van der Waals surface area contributed by atoms with Crippen LogP contribution in [0.1, 0.15) is 85.5 Å². The van der Waals surface area contributed by atoms with Gasteiger partial charge in [-0.15, -0.1) is 0 Å².